The van der Waals surface area contributed by atoms with Gasteiger partial charge in [-0.15, -0.1) is 0 Å². The van der Waals surface area contributed by atoms with Crippen molar-refractivity contribution in [3.63, 3.8) is 0 Å². The zero-order chi connectivity index (χ0) is 24.1. The highest BCUT2D eigenvalue weighted by Gasteiger charge is 2.35. The molecule has 182 valence electrons. The molecule has 1 heterocycles. The Hall–Kier alpha value is -2.68. The number of anilines is 2. The van der Waals surface area contributed by atoms with E-state index < -0.39 is 10.9 Å². The predicted octanol–water partition coefficient (Wildman–Crippen LogP) is 5.35. The molecule has 0 bridgehead atoms. The van der Waals surface area contributed by atoms with Gasteiger partial charge in [0.1, 0.15) is 11.1 Å². The van der Waals surface area contributed by atoms with Gasteiger partial charge in [0.05, 0.1) is 11.5 Å². The third-order valence-electron chi connectivity index (χ3n) is 6.68. The Bertz CT molecular complexity index is 994. The molecule has 9 heteroatoms. The van der Waals surface area contributed by atoms with E-state index in [1.807, 2.05) is 6.07 Å². The van der Waals surface area contributed by atoms with Crippen LogP contribution in [0.3, 0.4) is 0 Å². The number of aromatic nitrogens is 1. The maximum absolute atomic E-state index is 12.4. The molecule has 2 fully saturated rings. The standard InChI is InChI=1S/C25H31BrN4O4/c1-2-34-24(31)17-29(25-22(30(32)33)14-15-23(26)27-25)21-12-10-20(11-13-21)28(16-18-8-9-18)19-6-4-3-5-7-19/h3-7,14-15,18,20-21H,2,8-13,16-17H2,1H3/t20-,21-. The van der Waals surface area contributed by atoms with Gasteiger partial charge < -0.3 is 14.5 Å². The van der Waals surface area contributed by atoms with Crippen LogP contribution in [0.1, 0.15) is 45.4 Å². The quantitative estimate of drug-likeness (QED) is 0.177. The van der Waals surface area contributed by atoms with Crippen molar-refractivity contribution in [3.8, 4) is 0 Å². The summed E-state index contributed by atoms with van der Waals surface area (Å²) in [5, 5.41) is 11.7. The summed E-state index contributed by atoms with van der Waals surface area (Å²) in [6.07, 6.45) is 6.14. The number of nitrogens with zero attached hydrogens (tertiary/aromatic N) is 4. The summed E-state index contributed by atoms with van der Waals surface area (Å²) < 4.78 is 5.68. The minimum absolute atomic E-state index is 0.0281. The smallest absolute Gasteiger partial charge is 0.325 e. The molecular weight excluding hydrogens is 500 g/mol. The van der Waals surface area contributed by atoms with Gasteiger partial charge in [0.2, 0.25) is 5.82 Å². The molecule has 4 rings (SSSR count). The maximum Gasteiger partial charge on any atom is 0.325 e. The molecule has 0 N–H and O–H groups in total. The van der Waals surface area contributed by atoms with Crippen LogP contribution >= 0.6 is 15.9 Å². The molecule has 2 aliphatic rings. The minimum Gasteiger partial charge on any atom is -0.465 e. The molecule has 2 aromatic rings. The summed E-state index contributed by atoms with van der Waals surface area (Å²) in [4.78, 5) is 32.5. The molecule has 0 saturated heterocycles. The highest BCUT2D eigenvalue weighted by atomic mass is 79.9. The second-order valence-electron chi connectivity index (χ2n) is 9.06. The normalized spacial score (nSPS) is 19.9. The molecular formula is C25H31BrN4O4. The van der Waals surface area contributed by atoms with Gasteiger partial charge >= 0.3 is 11.7 Å². The number of para-hydroxylation sites is 1. The van der Waals surface area contributed by atoms with Crippen molar-refractivity contribution in [2.75, 3.05) is 29.5 Å². The number of carbonyl (C=O) groups is 1. The van der Waals surface area contributed by atoms with E-state index in [9.17, 15) is 14.9 Å². The SMILES string of the molecule is CCOC(=O)CN(c1nc(Br)ccc1[N+](=O)[O-])[C@H]1CC[C@H](N(CC2CC2)c2ccccc2)CC1. The lowest BCUT2D eigenvalue weighted by Crippen LogP contribution is -2.47. The van der Waals surface area contributed by atoms with Crippen LogP contribution < -0.4 is 9.80 Å². The monoisotopic (exact) mass is 530 g/mol. The summed E-state index contributed by atoms with van der Waals surface area (Å²) in [6.45, 7) is 3.04. The molecule has 1 aromatic carbocycles. The van der Waals surface area contributed by atoms with E-state index in [4.69, 9.17) is 4.74 Å². The van der Waals surface area contributed by atoms with Crippen LogP contribution in [0.2, 0.25) is 0 Å². The molecule has 0 atom stereocenters. The Morgan fingerprint density at radius 2 is 1.71 bits per heavy atom. The van der Waals surface area contributed by atoms with Gasteiger partial charge in [-0.2, -0.15) is 0 Å². The van der Waals surface area contributed by atoms with E-state index in [1.54, 1.807) is 17.9 Å². The molecule has 0 radical (unpaired) electrons. The Morgan fingerprint density at radius 1 is 1.06 bits per heavy atom. The first-order valence-electron chi connectivity index (χ1n) is 12.0. The molecule has 2 aliphatic carbocycles. The van der Waals surface area contributed by atoms with Crippen molar-refractivity contribution in [1.29, 1.82) is 0 Å². The van der Waals surface area contributed by atoms with Crippen molar-refractivity contribution in [3.05, 3.63) is 57.2 Å². The van der Waals surface area contributed by atoms with Gasteiger partial charge in [-0.25, -0.2) is 4.98 Å². The number of hydrogen-bond acceptors (Lipinski definition) is 7. The number of benzene rings is 1. The lowest BCUT2D eigenvalue weighted by atomic mass is 9.88. The first-order valence-corrected chi connectivity index (χ1v) is 12.8. The molecule has 0 unspecified atom stereocenters. The molecule has 8 nitrogen and oxygen atoms in total. The number of hydrogen-bond donors (Lipinski definition) is 0. The lowest BCUT2D eigenvalue weighted by molar-refractivity contribution is -0.384. The van der Waals surface area contributed by atoms with Crippen LogP contribution in [0.15, 0.2) is 47.1 Å². The molecule has 34 heavy (non-hydrogen) atoms. The van der Waals surface area contributed by atoms with E-state index in [0.29, 0.717) is 10.6 Å². The zero-order valence-corrected chi connectivity index (χ0v) is 21.0. The van der Waals surface area contributed by atoms with Gasteiger partial charge in [-0.05, 0) is 85.5 Å². The first kappa shape index (κ1) is 24.4. The summed E-state index contributed by atoms with van der Waals surface area (Å²) in [6, 6.07) is 13.9. The average Bonchev–Trinajstić information content (AvgIpc) is 3.66. The van der Waals surface area contributed by atoms with Gasteiger partial charge in [0.25, 0.3) is 0 Å². The van der Waals surface area contributed by atoms with Gasteiger partial charge in [0, 0.05) is 30.4 Å². The minimum atomic E-state index is -0.439. The topological polar surface area (TPSA) is 88.8 Å². The van der Waals surface area contributed by atoms with Crippen molar-refractivity contribution in [1.82, 2.24) is 4.98 Å². The number of pyridine rings is 1. The molecule has 2 saturated carbocycles. The summed E-state index contributed by atoms with van der Waals surface area (Å²) in [5.41, 5.74) is 1.15. The first-order chi connectivity index (χ1) is 16.5. The summed E-state index contributed by atoms with van der Waals surface area (Å²) >= 11 is 3.33. The number of esters is 1. The summed E-state index contributed by atoms with van der Waals surface area (Å²) in [7, 11) is 0. The number of ether oxygens (including phenoxy) is 1. The molecule has 1 aromatic heterocycles. The Kier molecular flexibility index (Phi) is 8.03. The number of carbonyl (C=O) groups excluding carboxylic acids is 1. The fourth-order valence-corrected chi connectivity index (χ4v) is 5.14. The van der Waals surface area contributed by atoms with Crippen molar-refractivity contribution in [2.45, 2.75) is 57.5 Å². The van der Waals surface area contributed by atoms with E-state index >= 15 is 0 Å². The van der Waals surface area contributed by atoms with Crippen molar-refractivity contribution in [2.24, 2.45) is 5.92 Å². The van der Waals surface area contributed by atoms with Crippen LogP contribution in [0, 0.1) is 16.0 Å². The molecule has 0 amide bonds. The molecule has 0 spiro atoms. The second kappa shape index (κ2) is 11.2. The molecule has 0 aliphatic heterocycles. The highest BCUT2D eigenvalue weighted by Crippen LogP contribution is 2.38. The fourth-order valence-electron chi connectivity index (χ4n) is 4.84. The third-order valence-corrected chi connectivity index (χ3v) is 7.12. The zero-order valence-electron chi connectivity index (χ0n) is 19.4. The van der Waals surface area contributed by atoms with Gasteiger partial charge in [0.15, 0.2) is 0 Å². The van der Waals surface area contributed by atoms with Crippen LogP contribution in [-0.2, 0) is 9.53 Å². The summed E-state index contributed by atoms with van der Waals surface area (Å²) in [5.74, 6) is 0.584. The Labute approximate surface area is 208 Å². The fraction of sp³-hybridized carbons (Fsp3) is 0.520. The van der Waals surface area contributed by atoms with E-state index in [1.165, 1.54) is 24.6 Å². The average molecular weight is 531 g/mol. The van der Waals surface area contributed by atoms with Crippen molar-refractivity contribution >= 4 is 39.1 Å². The van der Waals surface area contributed by atoms with E-state index in [-0.39, 0.29) is 30.7 Å². The maximum atomic E-state index is 12.4. The lowest BCUT2D eigenvalue weighted by Gasteiger charge is -2.41. The van der Waals surface area contributed by atoms with Crippen LogP contribution in [0.5, 0.6) is 0 Å². The number of halogens is 1. The van der Waals surface area contributed by atoms with Crippen LogP contribution in [-0.4, -0.2) is 47.7 Å². The largest absolute Gasteiger partial charge is 0.465 e. The van der Waals surface area contributed by atoms with Crippen molar-refractivity contribution < 1.29 is 14.5 Å². The van der Waals surface area contributed by atoms with E-state index in [2.05, 4.69) is 50.1 Å². The Morgan fingerprint density at radius 3 is 2.29 bits per heavy atom. The Balaban J connectivity index is 1.54. The van der Waals surface area contributed by atoms with E-state index in [0.717, 1.165) is 38.1 Å². The second-order valence-corrected chi connectivity index (χ2v) is 9.87. The predicted molar refractivity (Wildman–Crippen MR) is 135 cm³/mol. The van der Waals surface area contributed by atoms with Gasteiger partial charge in [-0.3, -0.25) is 14.9 Å². The number of rotatable bonds is 10. The third kappa shape index (κ3) is 6.05. The van der Waals surface area contributed by atoms with Crippen LogP contribution in [0.4, 0.5) is 17.2 Å². The highest BCUT2D eigenvalue weighted by molar-refractivity contribution is 9.10. The van der Waals surface area contributed by atoms with Crippen LogP contribution in [0.25, 0.3) is 0 Å². The number of nitro groups is 1. The van der Waals surface area contributed by atoms with Gasteiger partial charge in [-0.1, -0.05) is 18.2 Å².